The molecule has 0 unspecified atom stereocenters. The van der Waals surface area contributed by atoms with E-state index in [1.807, 2.05) is 18.2 Å². The molecule has 2 nitrogen and oxygen atoms in total. The molecule has 1 aliphatic rings. The Bertz CT molecular complexity index is 680. The summed E-state index contributed by atoms with van der Waals surface area (Å²) in [5.74, 6) is 0. The first kappa shape index (κ1) is 12.7. The Hall–Kier alpha value is -2.27. The molecule has 0 heterocycles. The van der Waals surface area contributed by atoms with Gasteiger partial charge in [0.2, 0.25) is 0 Å². The molecule has 0 bridgehead atoms. The first-order valence-electron chi connectivity index (χ1n) is 7.11. The fourth-order valence-corrected chi connectivity index (χ4v) is 2.81. The van der Waals surface area contributed by atoms with Crippen LogP contribution in [0.2, 0.25) is 0 Å². The van der Waals surface area contributed by atoms with E-state index in [0.717, 1.165) is 12.2 Å². The molecule has 0 amide bonds. The zero-order chi connectivity index (χ0) is 13.9. The van der Waals surface area contributed by atoms with Gasteiger partial charge in [-0.3, -0.25) is 0 Å². The summed E-state index contributed by atoms with van der Waals surface area (Å²) in [4.78, 5) is 0. The highest BCUT2D eigenvalue weighted by Crippen LogP contribution is 2.24. The standard InChI is InChI=1S/C18H18N2/c1-13-5-6-14(11-19)10-18(13)20-12-15-7-8-16-3-2-4-17(16)9-15/h5-10,20H,2-4,12H2,1H3. The number of anilines is 1. The molecule has 0 fully saturated rings. The highest BCUT2D eigenvalue weighted by molar-refractivity contribution is 5.55. The zero-order valence-electron chi connectivity index (χ0n) is 11.7. The van der Waals surface area contributed by atoms with Crippen molar-refractivity contribution in [1.82, 2.24) is 0 Å². The second-order valence-corrected chi connectivity index (χ2v) is 5.45. The number of hydrogen-bond acceptors (Lipinski definition) is 2. The summed E-state index contributed by atoms with van der Waals surface area (Å²) in [6, 6.07) is 14.7. The Morgan fingerprint density at radius 1 is 1.10 bits per heavy atom. The Morgan fingerprint density at radius 2 is 1.95 bits per heavy atom. The first-order chi connectivity index (χ1) is 9.76. The van der Waals surface area contributed by atoms with E-state index in [9.17, 15) is 0 Å². The van der Waals surface area contributed by atoms with Gasteiger partial charge in [0.05, 0.1) is 11.6 Å². The van der Waals surface area contributed by atoms with Crippen LogP contribution >= 0.6 is 0 Å². The molecule has 0 aromatic heterocycles. The molecule has 0 saturated carbocycles. The third-order valence-corrected chi connectivity index (χ3v) is 4.01. The monoisotopic (exact) mass is 262 g/mol. The number of fused-ring (bicyclic) bond motifs is 1. The van der Waals surface area contributed by atoms with Crippen molar-refractivity contribution in [2.24, 2.45) is 0 Å². The predicted octanol–water partition coefficient (Wildman–Crippen LogP) is 3.97. The third kappa shape index (κ3) is 2.53. The van der Waals surface area contributed by atoms with E-state index in [-0.39, 0.29) is 0 Å². The Kier molecular flexibility index (Phi) is 3.43. The minimum absolute atomic E-state index is 0.701. The van der Waals surface area contributed by atoms with Crippen LogP contribution in [0.5, 0.6) is 0 Å². The van der Waals surface area contributed by atoms with Crippen LogP contribution in [0.25, 0.3) is 0 Å². The van der Waals surface area contributed by atoms with Crippen LogP contribution in [0, 0.1) is 18.3 Å². The van der Waals surface area contributed by atoms with Crippen LogP contribution in [0.3, 0.4) is 0 Å². The number of nitrogens with zero attached hydrogens (tertiary/aromatic N) is 1. The van der Waals surface area contributed by atoms with Crippen LogP contribution in [0.15, 0.2) is 36.4 Å². The van der Waals surface area contributed by atoms with Gasteiger partial charge in [-0.05, 0) is 60.6 Å². The molecule has 20 heavy (non-hydrogen) atoms. The summed E-state index contributed by atoms with van der Waals surface area (Å²) in [7, 11) is 0. The summed E-state index contributed by atoms with van der Waals surface area (Å²) >= 11 is 0. The molecule has 0 atom stereocenters. The van der Waals surface area contributed by atoms with Gasteiger partial charge < -0.3 is 5.32 Å². The minimum Gasteiger partial charge on any atom is -0.381 e. The number of nitrogens with one attached hydrogen (secondary N) is 1. The minimum atomic E-state index is 0.701. The first-order valence-corrected chi connectivity index (χ1v) is 7.11. The van der Waals surface area contributed by atoms with Gasteiger partial charge in [0.1, 0.15) is 0 Å². The lowest BCUT2D eigenvalue weighted by atomic mass is 10.1. The van der Waals surface area contributed by atoms with Gasteiger partial charge in [-0.25, -0.2) is 0 Å². The number of nitriles is 1. The zero-order valence-corrected chi connectivity index (χ0v) is 11.7. The Morgan fingerprint density at radius 3 is 2.80 bits per heavy atom. The van der Waals surface area contributed by atoms with Crippen molar-refractivity contribution in [3.8, 4) is 6.07 Å². The van der Waals surface area contributed by atoms with Crippen molar-refractivity contribution in [3.05, 3.63) is 64.2 Å². The number of aryl methyl sites for hydroxylation is 3. The molecular weight excluding hydrogens is 244 g/mol. The highest BCUT2D eigenvalue weighted by Gasteiger charge is 2.10. The second kappa shape index (κ2) is 5.38. The molecule has 2 aromatic rings. The van der Waals surface area contributed by atoms with Crippen molar-refractivity contribution in [2.45, 2.75) is 32.7 Å². The average Bonchev–Trinajstić information content (AvgIpc) is 2.94. The normalized spacial score (nSPS) is 12.8. The third-order valence-electron chi connectivity index (χ3n) is 4.01. The lowest BCUT2D eigenvalue weighted by molar-refractivity contribution is 0.911. The summed E-state index contributed by atoms with van der Waals surface area (Å²) in [5, 5.41) is 12.4. The molecule has 0 spiro atoms. The second-order valence-electron chi connectivity index (χ2n) is 5.45. The van der Waals surface area contributed by atoms with Crippen LogP contribution in [0.4, 0.5) is 5.69 Å². The van der Waals surface area contributed by atoms with Crippen molar-refractivity contribution in [1.29, 1.82) is 5.26 Å². The molecule has 100 valence electrons. The van der Waals surface area contributed by atoms with E-state index in [4.69, 9.17) is 5.26 Å². The lowest BCUT2D eigenvalue weighted by Gasteiger charge is -2.11. The fourth-order valence-electron chi connectivity index (χ4n) is 2.81. The quantitative estimate of drug-likeness (QED) is 0.908. The Labute approximate surface area is 120 Å². The summed E-state index contributed by atoms with van der Waals surface area (Å²) in [5.41, 5.74) is 7.25. The molecule has 0 radical (unpaired) electrons. The molecule has 0 aliphatic heterocycles. The van der Waals surface area contributed by atoms with E-state index >= 15 is 0 Å². The maximum atomic E-state index is 8.97. The van der Waals surface area contributed by atoms with E-state index in [0.29, 0.717) is 5.56 Å². The summed E-state index contributed by atoms with van der Waals surface area (Å²) in [6.07, 6.45) is 3.73. The number of hydrogen-bond donors (Lipinski definition) is 1. The fraction of sp³-hybridized carbons (Fsp3) is 0.278. The van der Waals surface area contributed by atoms with Gasteiger partial charge in [-0.15, -0.1) is 0 Å². The van der Waals surface area contributed by atoms with Crippen LogP contribution in [-0.2, 0) is 19.4 Å². The SMILES string of the molecule is Cc1ccc(C#N)cc1NCc1ccc2c(c1)CCC2. The molecule has 0 saturated heterocycles. The van der Waals surface area contributed by atoms with Gasteiger partial charge in [0.25, 0.3) is 0 Å². The molecule has 1 aliphatic carbocycles. The Balaban J connectivity index is 1.75. The smallest absolute Gasteiger partial charge is 0.0992 e. The largest absolute Gasteiger partial charge is 0.381 e. The maximum absolute atomic E-state index is 8.97. The van der Waals surface area contributed by atoms with Crippen molar-refractivity contribution < 1.29 is 0 Å². The average molecular weight is 262 g/mol. The van der Waals surface area contributed by atoms with Crippen LogP contribution in [-0.4, -0.2) is 0 Å². The van der Waals surface area contributed by atoms with Gasteiger partial charge in [0.15, 0.2) is 0 Å². The number of rotatable bonds is 3. The number of benzene rings is 2. The molecule has 2 heteroatoms. The molecule has 2 aromatic carbocycles. The highest BCUT2D eigenvalue weighted by atomic mass is 14.9. The van der Waals surface area contributed by atoms with Crippen LogP contribution < -0.4 is 5.32 Å². The lowest BCUT2D eigenvalue weighted by Crippen LogP contribution is -2.02. The van der Waals surface area contributed by atoms with E-state index in [2.05, 4.69) is 36.5 Å². The van der Waals surface area contributed by atoms with E-state index in [1.165, 1.54) is 41.5 Å². The molecule has 1 N–H and O–H groups in total. The van der Waals surface area contributed by atoms with E-state index < -0.39 is 0 Å². The molecular formula is C18H18N2. The summed E-state index contributed by atoms with van der Waals surface area (Å²) in [6.45, 7) is 2.87. The van der Waals surface area contributed by atoms with Gasteiger partial charge in [0, 0.05) is 12.2 Å². The topological polar surface area (TPSA) is 35.8 Å². The van der Waals surface area contributed by atoms with Crippen molar-refractivity contribution >= 4 is 5.69 Å². The molecule has 3 rings (SSSR count). The maximum Gasteiger partial charge on any atom is 0.0992 e. The summed E-state index contributed by atoms with van der Waals surface area (Å²) < 4.78 is 0. The van der Waals surface area contributed by atoms with Crippen LogP contribution in [0.1, 0.15) is 34.2 Å². The predicted molar refractivity (Wildman–Crippen MR) is 81.7 cm³/mol. The van der Waals surface area contributed by atoms with Gasteiger partial charge in [-0.2, -0.15) is 5.26 Å². The van der Waals surface area contributed by atoms with E-state index in [1.54, 1.807) is 0 Å². The van der Waals surface area contributed by atoms with Crippen molar-refractivity contribution in [2.75, 3.05) is 5.32 Å². The van der Waals surface area contributed by atoms with Crippen molar-refractivity contribution in [3.63, 3.8) is 0 Å². The van der Waals surface area contributed by atoms with Gasteiger partial charge in [-0.1, -0.05) is 24.3 Å². The van der Waals surface area contributed by atoms with Gasteiger partial charge >= 0.3 is 0 Å².